The second-order valence-electron chi connectivity index (χ2n) is 6.50. The molecule has 3 heteroatoms. The lowest BCUT2D eigenvalue weighted by Gasteiger charge is -2.12. The van der Waals surface area contributed by atoms with Gasteiger partial charge in [-0.2, -0.15) is 4.57 Å². The quantitative estimate of drug-likeness (QED) is 0.440. The van der Waals surface area contributed by atoms with Gasteiger partial charge in [-0.15, -0.1) is 0 Å². The first-order valence-electron chi connectivity index (χ1n) is 9.24. The van der Waals surface area contributed by atoms with Crippen molar-refractivity contribution in [2.75, 3.05) is 11.9 Å². The number of hydrogen-bond acceptors (Lipinski definition) is 2. The smallest absolute Gasteiger partial charge is 0.375 e. The first-order valence-corrected chi connectivity index (χ1v) is 9.24. The predicted octanol–water partition coefficient (Wildman–Crippen LogP) is 5.51. The summed E-state index contributed by atoms with van der Waals surface area (Å²) < 4.78 is 8.38. The van der Waals surface area contributed by atoms with Gasteiger partial charge in [0, 0.05) is 25.0 Å². The zero-order valence-corrected chi connectivity index (χ0v) is 15.7. The lowest BCUT2D eigenvalue weighted by molar-refractivity contribution is -0.674. The Morgan fingerprint density at radius 2 is 1.59 bits per heavy atom. The third-order valence-electron chi connectivity index (χ3n) is 4.76. The van der Waals surface area contributed by atoms with E-state index in [0.29, 0.717) is 0 Å². The van der Waals surface area contributed by atoms with E-state index in [1.54, 1.807) is 0 Å². The molecule has 1 aromatic heterocycles. The van der Waals surface area contributed by atoms with E-state index in [-0.39, 0.29) is 0 Å². The Balaban J connectivity index is 1.69. The van der Waals surface area contributed by atoms with Crippen molar-refractivity contribution >= 4 is 22.9 Å². The van der Waals surface area contributed by atoms with Gasteiger partial charge in [-0.05, 0) is 42.3 Å². The van der Waals surface area contributed by atoms with Crippen LogP contribution in [0.3, 0.4) is 0 Å². The molecular formula is C24H23N2O+. The van der Waals surface area contributed by atoms with Crippen LogP contribution in [0, 0.1) is 0 Å². The molecule has 3 nitrogen and oxygen atoms in total. The number of aromatic nitrogens is 1. The molecule has 0 atom stereocenters. The monoisotopic (exact) mass is 355 g/mol. The van der Waals surface area contributed by atoms with Gasteiger partial charge >= 0.3 is 5.89 Å². The van der Waals surface area contributed by atoms with Crippen LogP contribution in [0.1, 0.15) is 12.8 Å². The van der Waals surface area contributed by atoms with E-state index in [0.717, 1.165) is 34.8 Å². The van der Waals surface area contributed by atoms with E-state index in [1.807, 2.05) is 43.6 Å². The normalized spacial score (nSPS) is 11.3. The van der Waals surface area contributed by atoms with Crippen molar-refractivity contribution in [3.8, 4) is 11.1 Å². The summed E-state index contributed by atoms with van der Waals surface area (Å²) in [5.41, 5.74) is 5.51. The Bertz CT molecular complexity index is 1070. The van der Waals surface area contributed by atoms with Crippen LogP contribution in [0.4, 0.5) is 5.69 Å². The Labute approximate surface area is 159 Å². The Morgan fingerprint density at radius 1 is 0.889 bits per heavy atom. The van der Waals surface area contributed by atoms with E-state index < -0.39 is 0 Å². The number of hydrogen-bond donors (Lipinski definition) is 0. The second-order valence-corrected chi connectivity index (χ2v) is 6.50. The minimum absolute atomic E-state index is 0.848. The molecule has 4 aromatic rings. The highest BCUT2D eigenvalue weighted by Gasteiger charge is 2.19. The minimum Gasteiger partial charge on any atom is -0.398 e. The molecule has 0 radical (unpaired) electrons. The predicted molar refractivity (Wildman–Crippen MR) is 111 cm³/mol. The molecule has 27 heavy (non-hydrogen) atoms. The van der Waals surface area contributed by atoms with Crippen LogP contribution < -0.4 is 9.47 Å². The van der Waals surface area contributed by atoms with Gasteiger partial charge in [-0.1, -0.05) is 48.5 Å². The molecule has 0 unspecified atom stereocenters. The zero-order valence-electron chi connectivity index (χ0n) is 15.7. The highest BCUT2D eigenvalue weighted by molar-refractivity contribution is 5.78. The fraction of sp³-hybridized carbons (Fsp3) is 0.125. The molecule has 1 heterocycles. The van der Waals surface area contributed by atoms with Crippen LogP contribution in [0.5, 0.6) is 0 Å². The first-order chi connectivity index (χ1) is 13.3. The van der Waals surface area contributed by atoms with Crippen molar-refractivity contribution in [1.29, 1.82) is 0 Å². The average Bonchev–Trinajstić information content (AvgIpc) is 3.10. The van der Waals surface area contributed by atoms with Crippen LogP contribution in [0.15, 0.2) is 89.5 Å². The number of nitrogens with zero attached hydrogens (tertiary/aromatic N) is 2. The van der Waals surface area contributed by atoms with Crippen molar-refractivity contribution in [2.24, 2.45) is 0 Å². The fourth-order valence-electron chi connectivity index (χ4n) is 3.29. The molecule has 0 aliphatic carbocycles. The number of benzene rings is 3. The van der Waals surface area contributed by atoms with Crippen molar-refractivity contribution < 1.29 is 8.98 Å². The molecule has 0 saturated carbocycles. The van der Waals surface area contributed by atoms with E-state index in [9.17, 15) is 0 Å². The Kier molecular flexibility index (Phi) is 4.75. The third kappa shape index (κ3) is 3.49. The van der Waals surface area contributed by atoms with E-state index >= 15 is 0 Å². The Hall–Kier alpha value is -3.33. The molecule has 134 valence electrons. The van der Waals surface area contributed by atoms with E-state index in [2.05, 4.69) is 71.0 Å². The number of oxazole rings is 1. The van der Waals surface area contributed by atoms with Crippen LogP contribution in [0.25, 0.3) is 28.3 Å². The summed E-state index contributed by atoms with van der Waals surface area (Å²) in [4.78, 5) is 2.09. The largest absolute Gasteiger partial charge is 0.398 e. The van der Waals surface area contributed by atoms with Crippen LogP contribution >= 0.6 is 0 Å². The van der Waals surface area contributed by atoms with Gasteiger partial charge in [-0.3, -0.25) is 0 Å². The number of para-hydroxylation sites is 1. The van der Waals surface area contributed by atoms with Gasteiger partial charge in [0.15, 0.2) is 0 Å². The first kappa shape index (κ1) is 17.1. The van der Waals surface area contributed by atoms with Crippen molar-refractivity contribution in [3.05, 3.63) is 91.0 Å². The summed E-state index contributed by atoms with van der Waals surface area (Å²) in [6.07, 6.45) is 4.07. The van der Waals surface area contributed by atoms with Gasteiger partial charge in [0.1, 0.15) is 6.54 Å². The maximum absolute atomic E-state index is 6.19. The summed E-state index contributed by atoms with van der Waals surface area (Å²) >= 11 is 0. The maximum Gasteiger partial charge on any atom is 0.375 e. The van der Waals surface area contributed by atoms with Gasteiger partial charge in [0.05, 0.1) is 6.08 Å². The Morgan fingerprint density at radius 3 is 2.30 bits per heavy atom. The number of anilines is 1. The molecule has 3 aromatic carbocycles. The maximum atomic E-state index is 6.19. The average molecular weight is 355 g/mol. The number of aryl methyl sites for hydroxylation is 1. The molecule has 0 aliphatic rings. The summed E-state index contributed by atoms with van der Waals surface area (Å²) in [7, 11) is 2.04. The molecule has 0 fully saturated rings. The topological polar surface area (TPSA) is 20.3 Å². The zero-order chi connectivity index (χ0) is 18.6. The van der Waals surface area contributed by atoms with E-state index in [1.165, 1.54) is 5.56 Å². The molecule has 0 bridgehead atoms. The van der Waals surface area contributed by atoms with Gasteiger partial charge in [0.2, 0.25) is 5.58 Å². The van der Waals surface area contributed by atoms with Crippen LogP contribution in [-0.2, 0) is 6.54 Å². The van der Waals surface area contributed by atoms with Gasteiger partial charge in [0.25, 0.3) is 5.52 Å². The summed E-state index contributed by atoms with van der Waals surface area (Å²) in [5, 5.41) is 0. The molecule has 0 N–H and O–H groups in total. The van der Waals surface area contributed by atoms with Crippen molar-refractivity contribution in [1.82, 2.24) is 0 Å². The molecular weight excluding hydrogens is 332 g/mol. The van der Waals surface area contributed by atoms with Crippen LogP contribution in [-0.4, -0.2) is 7.05 Å². The lowest BCUT2D eigenvalue weighted by Crippen LogP contribution is -2.33. The summed E-state index contributed by atoms with van der Waals surface area (Å²) in [6.45, 7) is 2.99. The van der Waals surface area contributed by atoms with Crippen molar-refractivity contribution in [2.45, 2.75) is 13.5 Å². The number of fused-ring (bicyclic) bond motifs is 1. The molecule has 0 saturated heterocycles. The summed E-state index contributed by atoms with van der Waals surface area (Å²) in [5.74, 6) is 0.848. The molecule has 4 rings (SSSR count). The molecule has 0 amide bonds. The van der Waals surface area contributed by atoms with Gasteiger partial charge < -0.3 is 9.32 Å². The SMILES string of the molecule is CC[n+]1c(C=CN(C)c2ccccc2)oc2cc(-c3ccccc3)ccc21. The fourth-order valence-corrected chi connectivity index (χ4v) is 3.29. The summed E-state index contributed by atoms with van der Waals surface area (Å²) in [6, 6.07) is 27.1. The molecule has 0 spiro atoms. The standard InChI is InChI=1S/C24H23N2O/c1-3-26-22-15-14-20(19-10-6-4-7-11-19)18-23(22)27-24(26)16-17-25(2)21-12-8-5-9-13-21/h4-18H,3H2,1-2H3/q+1. The highest BCUT2D eigenvalue weighted by atomic mass is 16.3. The van der Waals surface area contributed by atoms with Crippen LogP contribution in [0.2, 0.25) is 0 Å². The number of rotatable bonds is 5. The van der Waals surface area contributed by atoms with E-state index in [4.69, 9.17) is 4.42 Å². The molecule has 0 aliphatic heterocycles. The minimum atomic E-state index is 0.848. The lowest BCUT2D eigenvalue weighted by atomic mass is 10.1. The van der Waals surface area contributed by atoms with Gasteiger partial charge in [-0.25, -0.2) is 0 Å². The second kappa shape index (κ2) is 7.50. The third-order valence-corrected chi connectivity index (χ3v) is 4.76. The highest BCUT2D eigenvalue weighted by Crippen LogP contribution is 2.24. The van der Waals surface area contributed by atoms with Crippen molar-refractivity contribution in [3.63, 3.8) is 0 Å².